The van der Waals surface area contributed by atoms with E-state index in [9.17, 15) is 0 Å². The zero-order valence-electron chi connectivity index (χ0n) is 26.5. The zero-order valence-corrected chi connectivity index (χ0v) is 28.2. The van der Waals surface area contributed by atoms with Crippen LogP contribution in [0.15, 0.2) is 176 Å². The third-order valence-corrected chi connectivity index (χ3v) is 14.3. The molecule has 3 heteroatoms. The predicted octanol–water partition coefficient (Wildman–Crippen LogP) is 12.0. The van der Waals surface area contributed by atoms with Gasteiger partial charge in [-0.2, -0.15) is 0 Å². The molecule has 0 spiro atoms. The van der Waals surface area contributed by atoms with Crippen LogP contribution >= 0.6 is 18.5 Å². The lowest BCUT2D eigenvalue weighted by molar-refractivity contribution is 0.592. The van der Waals surface area contributed by atoms with Crippen LogP contribution in [0.5, 0.6) is 0 Å². The fraction of sp³-hybridized carbons (Fsp3) is 0. The summed E-state index contributed by atoms with van der Waals surface area (Å²) in [7, 11) is -3.10. The minimum absolute atomic E-state index is 0.850. The van der Waals surface area contributed by atoms with E-state index >= 15 is 4.57 Å². The molecule has 0 radical (unpaired) electrons. The van der Waals surface area contributed by atoms with Crippen LogP contribution in [0.4, 0.5) is 0 Å². The van der Waals surface area contributed by atoms with E-state index in [0.29, 0.717) is 0 Å². The maximum absolute atomic E-state index is 15.3. The summed E-state index contributed by atoms with van der Waals surface area (Å²) in [5, 5.41) is 15.1. The topological polar surface area (TPSA) is 17.1 Å². The highest BCUT2D eigenvalue weighted by atomic mass is 32.1. The largest absolute Gasteiger partial charge is 0.309 e. The lowest BCUT2D eigenvalue weighted by Crippen LogP contribution is -2.24. The average Bonchev–Trinajstić information content (AvgIpc) is 3.55. The molecule has 1 nitrogen and oxygen atoms in total. The van der Waals surface area contributed by atoms with Crippen molar-refractivity contribution in [3.63, 3.8) is 0 Å². The number of rotatable bonds is 4. The van der Waals surface area contributed by atoms with Crippen LogP contribution in [0.25, 0.3) is 74.4 Å². The first kappa shape index (κ1) is 28.5. The molecule has 0 aliphatic heterocycles. The lowest BCUT2D eigenvalue weighted by Gasteiger charge is -2.20. The zero-order chi connectivity index (χ0) is 32.5. The quantitative estimate of drug-likeness (QED) is 0.136. The molecule has 0 aliphatic rings. The van der Waals surface area contributed by atoms with Crippen molar-refractivity contribution < 1.29 is 4.57 Å². The molecule has 0 atom stereocenters. The van der Waals surface area contributed by atoms with Gasteiger partial charge in [0.2, 0.25) is 0 Å². The Hall–Kier alpha value is -5.53. The van der Waals surface area contributed by atoms with Crippen LogP contribution in [0.3, 0.4) is 0 Å². The van der Waals surface area contributed by atoms with Crippen molar-refractivity contribution in [2.45, 2.75) is 0 Å². The first-order valence-corrected chi connectivity index (χ1v) is 19.1. The van der Waals surface area contributed by atoms with Crippen molar-refractivity contribution in [3.05, 3.63) is 176 Å². The molecule has 0 N–H and O–H groups in total. The SMILES string of the molecule is O=P(c1ccccc1)(c1ccccc1)c1ccc2sc3ccc(-c4cc5c6ccccc6c6ccccc6c5c5ccccc45)cc3c2c1. The Morgan fingerprint density at radius 3 is 1.45 bits per heavy atom. The number of benzene rings is 9. The van der Waals surface area contributed by atoms with Gasteiger partial charge in [0.05, 0.1) is 0 Å². The maximum Gasteiger partial charge on any atom is 0.171 e. The van der Waals surface area contributed by atoms with Gasteiger partial charge in [-0.3, -0.25) is 0 Å². The van der Waals surface area contributed by atoms with Gasteiger partial charge in [0, 0.05) is 36.1 Å². The van der Waals surface area contributed by atoms with Crippen LogP contribution < -0.4 is 15.9 Å². The second-order valence-corrected chi connectivity index (χ2v) is 16.6. The van der Waals surface area contributed by atoms with Gasteiger partial charge in [-0.25, -0.2) is 0 Å². The van der Waals surface area contributed by atoms with Crippen molar-refractivity contribution >= 4 is 97.7 Å². The summed E-state index contributed by atoms with van der Waals surface area (Å²) in [5.41, 5.74) is 2.41. The van der Waals surface area contributed by atoms with E-state index in [2.05, 4.69) is 115 Å². The predicted molar refractivity (Wildman–Crippen MR) is 214 cm³/mol. The van der Waals surface area contributed by atoms with E-state index in [0.717, 1.165) is 21.3 Å². The summed E-state index contributed by atoms with van der Waals surface area (Å²) in [6.45, 7) is 0. The second kappa shape index (κ2) is 11.0. The highest BCUT2D eigenvalue weighted by Gasteiger charge is 2.30. The van der Waals surface area contributed by atoms with Crippen molar-refractivity contribution in [1.82, 2.24) is 0 Å². The van der Waals surface area contributed by atoms with Gasteiger partial charge in [-0.15, -0.1) is 11.3 Å². The van der Waals surface area contributed by atoms with Gasteiger partial charge >= 0.3 is 0 Å². The molecule has 0 amide bonds. The highest BCUT2D eigenvalue weighted by molar-refractivity contribution is 7.85. The molecule has 49 heavy (non-hydrogen) atoms. The van der Waals surface area contributed by atoms with Gasteiger partial charge in [0.25, 0.3) is 0 Å². The summed E-state index contributed by atoms with van der Waals surface area (Å²) >= 11 is 1.80. The second-order valence-electron chi connectivity index (χ2n) is 12.8. The van der Waals surface area contributed by atoms with Crippen LogP contribution in [-0.4, -0.2) is 0 Å². The van der Waals surface area contributed by atoms with Crippen LogP contribution in [0, 0.1) is 0 Å². The summed E-state index contributed by atoms with van der Waals surface area (Å²) in [6, 6.07) is 62.1. The van der Waals surface area contributed by atoms with E-state index in [1.54, 1.807) is 11.3 Å². The molecule has 10 rings (SSSR count). The Morgan fingerprint density at radius 2 is 0.816 bits per heavy atom. The molecule has 10 aromatic rings. The van der Waals surface area contributed by atoms with Gasteiger partial charge in [0.15, 0.2) is 7.14 Å². The molecule has 9 aromatic carbocycles. The van der Waals surface area contributed by atoms with E-state index in [1.807, 2.05) is 60.7 Å². The third kappa shape index (κ3) is 4.28. The molecule has 1 heterocycles. The number of hydrogen-bond acceptors (Lipinski definition) is 2. The minimum atomic E-state index is -3.10. The van der Waals surface area contributed by atoms with E-state index in [4.69, 9.17) is 0 Å². The van der Waals surface area contributed by atoms with Gasteiger partial charge in [0.1, 0.15) is 0 Å². The normalized spacial score (nSPS) is 12.2. The molecule has 0 bridgehead atoms. The molecule has 0 saturated carbocycles. The van der Waals surface area contributed by atoms with Crippen molar-refractivity contribution in [3.8, 4) is 11.1 Å². The summed E-state index contributed by atoms with van der Waals surface area (Å²) in [6.07, 6.45) is 0. The van der Waals surface area contributed by atoms with E-state index in [1.165, 1.54) is 69.0 Å². The van der Waals surface area contributed by atoms with Crippen LogP contribution in [0.1, 0.15) is 0 Å². The monoisotopic (exact) mass is 660 g/mol. The Balaban J connectivity index is 1.24. The smallest absolute Gasteiger partial charge is 0.171 e. The molecular formula is C46H29OPS. The summed E-state index contributed by atoms with van der Waals surface area (Å²) in [5.74, 6) is 0. The molecule has 0 unspecified atom stereocenters. The Kier molecular flexibility index (Phi) is 6.40. The first-order valence-electron chi connectivity index (χ1n) is 16.6. The highest BCUT2D eigenvalue weighted by Crippen LogP contribution is 2.46. The van der Waals surface area contributed by atoms with Crippen molar-refractivity contribution in [2.75, 3.05) is 0 Å². The molecule has 1 aromatic heterocycles. The fourth-order valence-corrected chi connectivity index (χ4v) is 11.6. The van der Waals surface area contributed by atoms with E-state index in [-0.39, 0.29) is 0 Å². The van der Waals surface area contributed by atoms with Gasteiger partial charge < -0.3 is 4.57 Å². The van der Waals surface area contributed by atoms with Gasteiger partial charge in [-0.05, 0) is 90.6 Å². The summed E-state index contributed by atoms with van der Waals surface area (Å²) in [4.78, 5) is 0. The minimum Gasteiger partial charge on any atom is -0.309 e. The molecular weight excluding hydrogens is 632 g/mol. The summed E-state index contributed by atoms with van der Waals surface area (Å²) < 4.78 is 17.7. The third-order valence-electron chi connectivity index (χ3n) is 10.1. The van der Waals surface area contributed by atoms with E-state index < -0.39 is 7.14 Å². The van der Waals surface area contributed by atoms with Gasteiger partial charge in [-0.1, -0.05) is 140 Å². The molecule has 230 valence electrons. The number of fused-ring (bicyclic) bond motifs is 11. The number of thiophene rings is 1. The standard InChI is InChI=1S/C46H29OPS/c47-48(31-13-3-1-4-14-31,32-15-5-2-6-16-32)33-24-26-45-42(28-33)41-27-30(23-25-44(41)49-45)40-29-43-36-19-8-7-17-34(36)35-18-9-11-21-38(35)46(43)39-22-12-10-20-37(39)40/h1-29H. The number of hydrogen-bond donors (Lipinski definition) is 0. The van der Waals surface area contributed by atoms with Crippen LogP contribution in [-0.2, 0) is 4.57 Å². The lowest BCUT2D eigenvalue weighted by atomic mass is 9.87. The first-order chi connectivity index (χ1) is 24.2. The molecule has 0 fully saturated rings. The Labute approximate surface area is 288 Å². The Morgan fingerprint density at radius 1 is 0.347 bits per heavy atom. The van der Waals surface area contributed by atoms with Crippen molar-refractivity contribution in [2.24, 2.45) is 0 Å². The maximum atomic E-state index is 15.3. The molecule has 0 aliphatic carbocycles. The average molecular weight is 661 g/mol. The van der Waals surface area contributed by atoms with Crippen molar-refractivity contribution in [1.29, 1.82) is 0 Å². The fourth-order valence-electron chi connectivity index (χ4n) is 7.86. The molecule has 0 saturated heterocycles. The Bertz CT molecular complexity index is 2920. The van der Waals surface area contributed by atoms with Crippen LogP contribution in [0.2, 0.25) is 0 Å².